The predicted molar refractivity (Wildman–Crippen MR) is 76.9 cm³/mol. The molecular weight excluding hydrogens is 270 g/mol. The van der Waals surface area contributed by atoms with Gasteiger partial charge >= 0.3 is 5.97 Å². The third kappa shape index (κ3) is 4.38. The topological polar surface area (TPSA) is 72.4 Å². The summed E-state index contributed by atoms with van der Waals surface area (Å²) >= 11 is 0. The number of nitrogens with zero attached hydrogens (tertiary/aromatic N) is 3. The molecule has 0 aliphatic carbocycles. The van der Waals surface area contributed by atoms with Crippen molar-refractivity contribution in [3.63, 3.8) is 0 Å². The maximum absolute atomic E-state index is 11.7. The lowest BCUT2D eigenvalue weighted by Crippen LogP contribution is -2.28. The number of hydrogen-bond donors (Lipinski definition) is 0. The molecule has 0 unspecified atom stereocenters. The van der Waals surface area contributed by atoms with Crippen molar-refractivity contribution < 1.29 is 14.3 Å². The second kappa shape index (κ2) is 7.14. The molecule has 6 nitrogen and oxygen atoms in total. The van der Waals surface area contributed by atoms with Gasteiger partial charge in [-0.05, 0) is 5.56 Å². The first-order valence-corrected chi connectivity index (χ1v) is 6.37. The quantitative estimate of drug-likeness (QED) is 0.591. The Kier molecular flexibility index (Phi) is 4.98. The number of carbonyl (C=O) groups excluding carboxylic acids is 2. The van der Waals surface area contributed by atoms with Gasteiger partial charge in [-0.15, -0.1) is 0 Å². The van der Waals surface area contributed by atoms with E-state index in [-0.39, 0.29) is 19.1 Å². The van der Waals surface area contributed by atoms with Gasteiger partial charge in [0.2, 0.25) is 5.95 Å². The third-order valence-electron chi connectivity index (χ3n) is 2.74. The minimum atomic E-state index is -0.371. The van der Waals surface area contributed by atoms with E-state index < -0.39 is 0 Å². The second-order valence-corrected chi connectivity index (χ2v) is 4.44. The zero-order valence-corrected chi connectivity index (χ0v) is 11.6. The van der Waals surface area contributed by atoms with Gasteiger partial charge in [-0.1, -0.05) is 30.3 Å². The first-order valence-electron chi connectivity index (χ1n) is 6.37. The first kappa shape index (κ1) is 14.6. The summed E-state index contributed by atoms with van der Waals surface area (Å²) < 4.78 is 5.17. The van der Waals surface area contributed by atoms with Crippen molar-refractivity contribution in [1.29, 1.82) is 0 Å². The van der Waals surface area contributed by atoms with E-state index in [1.54, 1.807) is 11.9 Å². The van der Waals surface area contributed by atoms with Crippen molar-refractivity contribution in [3.8, 4) is 0 Å². The Morgan fingerprint density at radius 1 is 1.24 bits per heavy atom. The van der Waals surface area contributed by atoms with Crippen LogP contribution in [0.2, 0.25) is 0 Å². The van der Waals surface area contributed by atoms with Gasteiger partial charge in [0.05, 0.1) is 5.56 Å². The summed E-state index contributed by atoms with van der Waals surface area (Å²) in [5.74, 6) is -0.0123. The van der Waals surface area contributed by atoms with Crippen molar-refractivity contribution in [2.75, 3.05) is 18.5 Å². The molecule has 0 amide bonds. The molecule has 0 fully saturated rings. The average Bonchev–Trinajstić information content (AvgIpc) is 2.54. The van der Waals surface area contributed by atoms with Crippen LogP contribution in [0.3, 0.4) is 0 Å². The van der Waals surface area contributed by atoms with Crippen LogP contribution < -0.4 is 4.90 Å². The standard InChI is InChI=1S/C15H15N3O3/c1-18(15-16-7-13(10-19)8-17-15)9-14(20)21-11-12-5-3-2-4-6-12/h2-8,10H,9,11H2,1H3. The zero-order valence-electron chi connectivity index (χ0n) is 11.6. The summed E-state index contributed by atoms with van der Waals surface area (Å²) in [6.07, 6.45) is 3.47. The van der Waals surface area contributed by atoms with Gasteiger partial charge in [-0.3, -0.25) is 9.59 Å². The molecule has 6 heteroatoms. The van der Waals surface area contributed by atoms with E-state index in [9.17, 15) is 9.59 Å². The highest BCUT2D eigenvalue weighted by Crippen LogP contribution is 2.05. The normalized spacial score (nSPS) is 9.95. The molecular formula is C15H15N3O3. The molecule has 0 radical (unpaired) electrons. The van der Waals surface area contributed by atoms with Crippen LogP contribution in [0.1, 0.15) is 15.9 Å². The lowest BCUT2D eigenvalue weighted by Gasteiger charge is -2.15. The lowest BCUT2D eigenvalue weighted by molar-refractivity contribution is -0.143. The number of aromatic nitrogens is 2. The molecule has 0 saturated heterocycles. The number of benzene rings is 1. The smallest absolute Gasteiger partial charge is 0.325 e. The van der Waals surface area contributed by atoms with Gasteiger partial charge in [0.25, 0.3) is 0 Å². The van der Waals surface area contributed by atoms with Crippen LogP contribution in [-0.4, -0.2) is 35.8 Å². The van der Waals surface area contributed by atoms with Gasteiger partial charge < -0.3 is 9.64 Å². The maximum atomic E-state index is 11.7. The monoisotopic (exact) mass is 285 g/mol. The van der Waals surface area contributed by atoms with Gasteiger partial charge in [-0.2, -0.15) is 0 Å². The van der Waals surface area contributed by atoms with Crippen LogP contribution in [0.4, 0.5) is 5.95 Å². The molecule has 2 rings (SSSR count). The minimum absolute atomic E-state index is 0.0350. The number of anilines is 1. The molecule has 0 spiro atoms. The van der Waals surface area contributed by atoms with E-state index in [4.69, 9.17) is 4.74 Å². The molecule has 0 saturated carbocycles. The Bertz CT molecular complexity index is 599. The number of likely N-dealkylation sites (N-methyl/N-ethyl adjacent to an activating group) is 1. The van der Waals surface area contributed by atoms with E-state index >= 15 is 0 Å². The summed E-state index contributed by atoms with van der Waals surface area (Å²) in [5.41, 5.74) is 1.32. The van der Waals surface area contributed by atoms with Crippen LogP contribution in [0.15, 0.2) is 42.7 Å². The number of aldehydes is 1. The molecule has 108 valence electrons. The Labute approximate surface area is 122 Å². The largest absolute Gasteiger partial charge is 0.459 e. The van der Waals surface area contributed by atoms with Gasteiger partial charge in [0.15, 0.2) is 6.29 Å². The molecule has 0 aliphatic heterocycles. The number of hydrogen-bond acceptors (Lipinski definition) is 6. The Morgan fingerprint density at radius 3 is 2.52 bits per heavy atom. The summed E-state index contributed by atoms with van der Waals surface area (Å²) in [7, 11) is 1.68. The SMILES string of the molecule is CN(CC(=O)OCc1ccccc1)c1ncc(C=O)cn1. The van der Waals surface area contributed by atoms with Crippen LogP contribution >= 0.6 is 0 Å². The highest BCUT2D eigenvalue weighted by molar-refractivity contribution is 5.75. The number of ether oxygens (including phenoxy) is 1. The van der Waals surface area contributed by atoms with Crippen molar-refractivity contribution in [2.45, 2.75) is 6.61 Å². The summed E-state index contributed by atoms with van der Waals surface area (Å²) in [6, 6.07) is 9.45. The van der Waals surface area contributed by atoms with Crippen molar-refractivity contribution in [3.05, 3.63) is 53.9 Å². The van der Waals surface area contributed by atoms with Gasteiger partial charge in [0, 0.05) is 19.4 Å². The fourth-order valence-electron chi connectivity index (χ4n) is 1.64. The van der Waals surface area contributed by atoms with Crippen LogP contribution in [0.5, 0.6) is 0 Å². The molecule has 1 aromatic carbocycles. The zero-order chi connectivity index (χ0) is 15.1. The highest BCUT2D eigenvalue weighted by Gasteiger charge is 2.11. The van der Waals surface area contributed by atoms with Crippen LogP contribution in [0, 0.1) is 0 Å². The molecule has 2 aromatic rings. The molecule has 1 aromatic heterocycles. The fraction of sp³-hybridized carbons (Fsp3) is 0.200. The van der Waals surface area contributed by atoms with Gasteiger partial charge in [0.1, 0.15) is 13.2 Å². The van der Waals surface area contributed by atoms with Crippen molar-refractivity contribution in [2.24, 2.45) is 0 Å². The maximum Gasteiger partial charge on any atom is 0.325 e. The summed E-state index contributed by atoms with van der Waals surface area (Å²) in [4.78, 5) is 31.8. The van der Waals surface area contributed by atoms with E-state index in [0.29, 0.717) is 17.8 Å². The van der Waals surface area contributed by atoms with E-state index in [0.717, 1.165) is 5.56 Å². The predicted octanol–water partition coefficient (Wildman–Crippen LogP) is 1.47. The Hall–Kier alpha value is -2.76. The van der Waals surface area contributed by atoms with Gasteiger partial charge in [-0.25, -0.2) is 9.97 Å². The second-order valence-electron chi connectivity index (χ2n) is 4.44. The van der Waals surface area contributed by atoms with E-state index in [2.05, 4.69) is 9.97 Å². The number of rotatable bonds is 6. The average molecular weight is 285 g/mol. The van der Waals surface area contributed by atoms with E-state index in [1.807, 2.05) is 30.3 Å². The molecule has 1 heterocycles. The molecule has 0 bridgehead atoms. The van der Waals surface area contributed by atoms with Crippen molar-refractivity contribution in [1.82, 2.24) is 9.97 Å². The molecule has 0 atom stereocenters. The molecule has 0 N–H and O–H groups in total. The summed E-state index contributed by atoms with van der Waals surface area (Å²) in [5, 5.41) is 0. The number of carbonyl (C=O) groups is 2. The fourth-order valence-corrected chi connectivity index (χ4v) is 1.64. The Balaban J connectivity index is 1.85. The third-order valence-corrected chi connectivity index (χ3v) is 2.74. The molecule has 21 heavy (non-hydrogen) atoms. The Morgan fingerprint density at radius 2 is 1.90 bits per heavy atom. The lowest BCUT2D eigenvalue weighted by atomic mass is 10.2. The minimum Gasteiger partial charge on any atom is -0.459 e. The molecule has 0 aliphatic rings. The first-order chi connectivity index (χ1) is 10.2. The summed E-state index contributed by atoms with van der Waals surface area (Å²) in [6.45, 7) is 0.270. The van der Waals surface area contributed by atoms with Crippen LogP contribution in [-0.2, 0) is 16.1 Å². The van der Waals surface area contributed by atoms with Crippen LogP contribution in [0.25, 0.3) is 0 Å². The van der Waals surface area contributed by atoms with E-state index in [1.165, 1.54) is 12.4 Å². The van der Waals surface area contributed by atoms with Crippen molar-refractivity contribution >= 4 is 18.2 Å². The highest BCUT2D eigenvalue weighted by atomic mass is 16.5. The number of esters is 1.